The first-order valence-corrected chi connectivity index (χ1v) is 13.5. The molecule has 0 aliphatic carbocycles. The van der Waals surface area contributed by atoms with Crippen LogP contribution < -0.4 is 0 Å². The standard InChI is InChI=1S/C9H13.C6H7.Fe/c1-4-9-6-5-7(2)8(9)3;1-6-4-2-3-5-6;/h5-6H,4H2,1-3H3;2-5H,1H3;. The van der Waals surface area contributed by atoms with Crippen molar-refractivity contribution in [3.8, 4) is 0 Å². The van der Waals surface area contributed by atoms with E-state index in [1.54, 1.807) is 6.42 Å². The third kappa shape index (κ3) is 0.0400. The molecule has 0 saturated carbocycles. The van der Waals surface area contributed by atoms with Gasteiger partial charge in [-0.05, 0) is 0 Å². The molecular weight excluding hydrogens is 236 g/mol. The molecule has 16 heavy (non-hydrogen) atoms. The summed E-state index contributed by atoms with van der Waals surface area (Å²) in [4.78, 5) is 8.73. The van der Waals surface area contributed by atoms with Gasteiger partial charge in [-0.1, -0.05) is 0 Å². The van der Waals surface area contributed by atoms with Gasteiger partial charge in [-0.25, -0.2) is 0 Å². The molecule has 9 atom stereocenters. The molecule has 0 N–H and O–H groups in total. The molecule has 10 fully saturated rings. The SMILES string of the molecule is CC[C]12[CH]3[CH]4[C]5(C)[C]1(C)[Fe]43521678[CH]2[CH]1[CH]6[C]7(C)[CH]28. The van der Waals surface area contributed by atoms with Crippen molar-refractivity contribution in [3.05, 3.63) is 0 Å². The van der Waals surface area contributed by atoms with Gasteiger partial charge in [0, 0.05) is 0 Å². The fraction of sp³-hybridized carbons (Fsp3) is 1.00. The molecule has 0 aromatic carbocycles. The molecule has 0 aromatic heterocycles. The van der Waals surface area contributed by atoms with Crippen LogP contribution in [0.2, 0.25) is 46.2 Å². The molecule has 10 rings (SSSR count). The zero-order chi connectivity index (χ0) is 10.5. The van der Waals surface area contributed by atoms with E-state index in [0.717, 1.165) is 17.3 Å². The number of rotatable bonds is 1. The van der Waals surface area contributed by atoms with Crippen molar-refractivity contribution in [1.82, 2.24) is 0 Å². The fourth-order valence-electron chi connectivity index (χ4n) is 22.2. The molecule has 9 unspecified atom stereocenters. The van der Waals surface area contributed by atoms with E-state index < -0.39 is 6.51 Å². The Balaban J connectivity index is 1.93. The molecule has 0 radical (unpaired) electrons. The van der Waals surface area contributed by atoms with Crippen molar-refractivity contribution >= 4 is 0 Å². The first-order valence-electron chi connectivity index (χ1n) is 7.48. The van der Waals surface area contributed by atoms with Crippen LogP contribution in [0.1, 0.15) is 34.1 Å². The van der Waals surface area contributed by atoms with Crippen molar-refractivity contribution in [1.29, 1.82) is 0 Å². The summed E-state index contributed by atoms with van der Waals surface area (Å²) in [7, 11) is 0. The topological polar surface area (TPSA) is 0 Å². The Morgan fingerprint density at radius 3 is 1.62 bits per heavy atom. The van der Waals surface area contributed by atoms with Crippen molar-refractivity contribution < 1.29 is 6.51 Å². The van der Waals surface area contributed by atoms with E-state index in [1.807, 2.05) is 0 Å². The second-order valence-electron chi connectivity index (χ2n) is 11.5. The van der Waals surface area contributed by atoms with Gasteiger partial charge >= 0.3 is 86.8 Å². The molecule has 0 bridgehead atoms. The van der Waals surface area contributed by atoms with E-state index in [1.165, 1.54) is 28.9 Å². The van der Waals surface area contributed by atoms with Crippen LogP contribution in [0.4, 0.5) is 0 Å². The average Bonchev–Trinajstić information content (AvgIpc) is 3.21. The zero-order valence-corrected chi connectivity index (χ0v) is 11.6. The van der Waals surface area contributed by atoms with E-state index in [-0.39, 0.29) is 0 Å². The van der Waals surface area contributed by atoms with E-state index in [0.29, 0.717) is 0 Å². The maximum atomic E-state index is 2.87. The van der Waals surface area contributed by atoms with Crippen LogP contribution in [0, 0.1) is 0 Å². The first-order chi connectivity index (χ1) is 7.28. The van der Waals surface area contributed by atoms with Crippen LogP contribution in [0.15, 0.2) is 0 Å². The normalized spacial score (nSPS) is 140. The zero-order valence-electron chi connectivity index (χ0n) is 10.5. The molecule has 1 spiro atoms. The van der Waals surface area contributed by atoms with E-state index in [9.17, 15) is 0 Å². The predicted molar refractivity (Wildman–Crippen MR) is 60.6 cm³/mol. The maximum absolute atomic E-state index is 3.01. The number of fused-ring (bicyclic) bond motifs is 10. The molecule has 88 valence electrons. The van der Waals surface area contributed by atoms with Crippen LogP contribution in [0.5, 0.6) is 0 Å². The second-order valence-corrected chi connectivity index (χ2v) is 35.0. The Kier molecular flexibility index (Phi) is 0.159. The average molecular weight is 256 g/mol. The summed E-state index contributed by atoms with van der Waals surface area (Å²) in [6, 6.07) is 0. The van der Waals surface area contributed by atoms with Crippen LogP contribution in [-0.4, -0.2) is 0 Å². The molecule has 10 aliphatic heterocycles. The third-order valence-electron chi connectivity index (χ3n) is 18.3. The Bertz CT molecular complexity index is 1050. The van der Waals surface area contributed by atoms with Crippen molar-refractivity contribution in [3.63, 3.8) is 0 Å². The monoisotopic (exact) mass is 256 g/mol. The summed E-state index contributed by atoms with van der Waals surface area (Å²) in [5.74, 6) is 0. The summed E-state index contributed by atoms with van der Waals surface area (Å²) in [5.41, 5.74) is 0. The van der Waals surface area contributed by atoms with Gasteiger partial charge in [0.2, 0.25) is 0 Å². The molecular formula is C15H20Fe. The predicted octanol–water partition coefficient (Wildman–Crippen LogP) is 5.33. The molecule has 0 amide bonds. The van der Waals surface area contributed by atoms with Crippen LogP contribution >= 0.6 is 0 Å². The summed E-state index contributed by atoms with van der Waals surface area (Å²) in [5, 5.41) is 0. The van der Waals surface area contributed by atoms with Gasteiger partial charge < -0.3 is 0 Å². The Labute approximate surface area is 86.8 Å². The summed E-state index contributed by atoms with van der Waals surface area (Å²) in [6.45, 7) is 8.17. The van der Waals surface area contributed by atoms with Crippen molar-refractivity contribution in [2.45, 2.75) is 80.3 Å². The number of hydrogen-bond donors (Lipinski definition) is 0. The van der Waals surface area contributed by atoms with Crippen molar-refractivity contribution in [2.75, 3.05) is 0 Å². The Hall–Kier alpha value is 0.519. The van der Waals surface area contributed by atoms with Crippen LogP contribution in [0.25, 0.3) is 0 Å². The van der Waals surface area contributed by atoms with Gasteiger partial charge in [0.15, 0.2) is 0 Å². The van der Waals surface area contributed by atoms with Gasteiger partial charge in [-0.3, -0.25) is 0 Å². The van der Waals surface area contributed by atoms with E-state index in [2.05, 4.69) is 27.7 Å². The molecule has 10 aliphatic rings. The quantitative estimate of drug-likeness (QED) is 0.556. The summed E-state index contributed by atoms with van der Waals surface area (Å²) in [6.07, 6.45) is 1.63. The molecule has 0 aromatic rings. The summed E-state index contributed by atoms with van der Waals surface area (Å²) < 4.78 is 4.28. The molecule has 10 heterocycles. The molecule has 10 saturated heterocycles. The van der Waals surface area contributed by atoms with Gasteiger partial charge in [0.05, 0.1) is 0 Å². The number of hydrogen-bond acceptors (Lipinski definition) is 0. The first kappa shape index (κ1) is 6.11. The molecule has 0 nitrogen and oxygen atoms in total. The molecule has 1 heteroatoms. The van der Waals surface area contributed by atoms with E-state index >= 15 is 0 Å². The van der Waals surface area contributed by atoms with Crippen molar-refractivity contribution in [2.24, 2.45) is 0 Å². The van der Waals surface area contributed by atoms with Crippen LogP contribution in [-0.2, 0) is 6.51 Å². The second kappa shape index (κ2) is 0.418. The van der Waals surface area contributed by atoms with Gasteiger partial charge in [0.25, 0.3) is 0 Å². The van der Waals surface area contributed by atoms with Gasteiger partial charge in [-0.15, -0.1) is 0 Å². The Morgan fingerprint density at radius 1 is 0.938 bits per heavy atom. The minimum absolute atomic E-state index is 1.04. The third-order valence-corrected chi connectivity index (χ3v) is 66.8. The minimum atomic E-state index is -3.01. The summed E-state index contributed by atoms with van der Waals surface area (Å²) >= 11 is 0. The van der Waals surface area contributed by atoms with Crippen LogP contribution in [0.3, 0.4) is 0 Å². The van der Waals surface area contributed by atoms with Gasteiger partial charge in [0.1, 0.15) is 0 Å². The van der Waals surface area contributed by atoms with Gasteiger partial charge in [-0.2, -0.15) is 0 Å². The Morgan fingerprint density at radius 2 is 1.56 bits per heavy atom. The van der Waals surface area contributed by atoms with E-state index in [4.69, 9.17) is 0 Å². The fourth-order valence-corrected chi connectivity index (χ4v) is 107.